The highest BCUT2D eigenvalue weighted by atomic mass is 32.2. The number of hydrogen-bond acceptors (Lipinski definition) is 6. The Morgan fingerprint density at radius 1 is 1.35 bits per heavy atom. The number of hydrogen-bond donors (Lipinski definition) is 1. The van der Waals surface area contributed by atoms with E-state index in [1.54, 1.807) is 17.7 Å². The van der Waals surface area contributed by atoms with Crippen molar-refractivity contribution in [1.82, 2.24) is 14.8 Å². The average molecular weight is 289 g/mol. The minimum absolute atomic E-state index is 0.179. The minimum Gasteiger partial charge on any atom is -0.423 e. The van der Waals surface area contributed by atoms with Gasteiger partial charge in [0.1, 0.15) is 12.2 Å². The molecule has 3 aromatic rings. The van der Waals surface area contributed by atoms with Crippen LogP contribution in [0.2, 0.25) is 0 Å². The Morgan fingerprint density at radius 2 is 2.15 bits per heavy atom. The molecule has 0 aliphatic heterocycles. The summed E-state index contributed by atoms with van der Waals surface area (Å²) in [6, 6.07) is 8.75. The Hall–Kier alpha value is -2.12. The summed E-state index contributed by atoms with van der Waals surface area (Å²) in [4.78, 5) is 12.3. The van der Waals surface area contributed by atoms with Gasteiger partial charge in [-0.15, -0.1) is 10.2 Å². The second-order valence-electron chi connectivity index (χ2n) is 4.14. The molecule has 0 bridgehead atoms. The molecule has 0 fully saturated rings. The molecule has 20 heavy (non-hydrogen) atoms. The molecule has 0 aliphatic rings. The normalized spacial score (nSPS) is 11.1. The number of fused-ring (bicyclic) bond motifs is 1. The zero-order valence-corrected chi connectivity index (χ0v) is 11.4. The third kappa shape index (κ3) is 2.21. The lowest BCUT2D eigenvalue weighted by molar-refractivity contribution is 0.266. The van der Waals surface area contributed by atoms with Crippen molar-refractivity contribution in [2.24, 2.45) is 7.05 Å². The lowest BCUT2D eigenvalue weighted by Crippen LogP contribution is -2.00. The molecule has 2 aromatic heterocycles. The van der Waals surface area contributed by atoms with Gasteiger partial charge in [-0.05, 0) is 17.8 Å². The molecule has 2 heterocycles. The van der Waals surface area contributed by atoms with Crippen LogP contribution in [0.5, 0.6) is 0 Å². The number of para-hydroxylation sites is 1. The van der Waals surface area contributed by atoms with Crippen molar-refractivity contribution in [2.75, 3.05) is 0 Å². The summed E-state index contributed by atoms with van der Waals surface area (Å²) in [5.41, 5.74) is 0.128. The predicted octanol–water partition coefficient (Wildman–Crippen LogP) is 1.56. The van der Waals surface area contributed by atoms with Gasteiger partial charge in [0.05, 0.1) is 0 Å². The number of aliphatic hydroxyl groups excluding tert-OH is 1. The summed E-state index contributed by atoms with van der Waals surface area (Å²) in [6.07, 6.45) is 0. The summed E-state index contributed by atoms with van der Waals surface area (Å²) >= 11 is 1.31. The maximum absolute atomic E-state index is 11.6. The Kier molecular flexibility index (Phi) is 3.29. The van der Waals surface area contributed by atoms with E-state index in [0.29, 0.717) is 16.6 Å². The first-order valence-corrected chi connectivity index (χ1v) is 6.70. The van der Waals surface area contributed by atoms with Gasteiger partial charge in [-0.2, -0.15) is 0 Å². The molecular weight excluding hydrogens is 278 g/mol. The summed E-state index contributed by atoms with van der Waals surface area (Å²) in [6.45, 7) is -0.179. The molecule has 1 aromatic carbocycles. The van der Waals surface area contributed by atoms with Crippen molar-refractivity contribution >= 4 is 22.7 Å². The van der Waals surface area contributed by atoms with Crippen molar-refractivity contribution in [3.8, 4) is 0 Å². The summed E-state index contributed by atoms with van der Waals surface area (Å²) in [7, 11) is 1.77. The van der Waals surface area contributed by atoms with Crippen LogP contribution in [0, 0.1) is 0 Å². The van der Waals surface area contributed by atoms with E-state index < -0.39 is 5.63 Å². The minimum atomic E-state index is -0.407. The van der Waals surface area contributed by atoms with Gasteiger partial charge in [0.2, 0.25) is 0 Å². The summed E-state index contributed by atoms with van der Waals surface area (Å²) < 4.78 is 6.83. The van der Waals surface area contributed by atoms with Gasteiger partial charge in [0.25, 0.3) is 0 Å². The van der Waals surface area contributed by atoms with Gasteiger partial charge in [0, 0.05) is 23.4 Å². The largest absolute Gasteiger partial charge is 0.423 e. The fraction of sp³-hybridized carbons (Fsp3) is 0.154. The van der Waals surface area contributed by atoms with Crippen LogP contribution in [-0.2, 0) is 13.7 Å². The number of aliphatic hydroxyl groups is 1. The first-order valence-electron chi connectivity index (χ1n) is 5.89. The molecule has 6 nitrogen and oxygen atoms in total. The highest BCUT2D eigenvalue weighted by molar-refractivity contribution is 7.99. The van der Waals surface area contributed by atoms with Crippen molar-refractivity contribution < 1.29 is 9.52 Å². The van der Waals surface area contributed by atoms with Gasteiger partial charge in [0.15, 0.2) is 11.0 Å². The Labute approximate surface area is 118 Å². The molecule has 3 rings (SSSR count). The molecule has 0 atom stereocenters. The second kappa shape index (κ2) is 5.10. The molecule has 7 heteroatoms. The number of rotatable bonds is 3. The van der Waals surface area contributed by atoms with E-state index >= 15 is 0 Å². The average Bonchev–Trinajstić information content (AvgIpc) is 2.79. The standard InChI is InChI=1S/C13H11N3O3S/c1-16-11(7-17)14-15-13(16)20-10-6-12(18)19-9-5-3-2-4-8(9)10/h2-6,17H,7H2,1H3. The molecule has 0 unspecified atom stereocenters. The zero-order chi connectivity index (χ0) is 14.1. The van der Waals surface area contributed by atoms with E-state index in [1.807, 2.05) is 18.2 Å². The van der Waals surface area contributed by atoms with Crippen LogP contribution < -0.4 is 5.63 Å². The van der Waals surface area contributed by atoms with Crippen molar-refractivity contribution in [3.63, 3.8) is 0 Å². The van der Waals surface area contributed by atoms with Crippen molar-refractivity contribution in [1.29, 1.82) is 0 Å². The first-order chi connectivity index (χ1) is 9.69. The molecule has 0 saturated carbocycles. The molecule has 0 saturated heterocycles. The van der Waals surface area contributed by atoms with Crippen LogP contribution in [0.1, 0.15) is 5.82 Å². The second-order valence-corrected chi connectivity index (χ2v) is 5.15. The van der Waals surface area contributed by atoms with E-state index in [1.165, 1.54) is 17.8 Å². The molecule has 1 N–H and O–H groups in total. The lowest BCUT2D eigenvalue weighted by atomic mass is 10.2. The maximum atomic E-state index is 11.6. The molecule has 0 spiro atoms. The topological polar surface area (TPSA) is 81.1 Å². The Morgan fingerprint density at radius 3 is 2.90 bits per heavy atom. The molecule has 102 valence electrons. The van der Waals surface area contributed by atoms with E-state index in [0.717, 1.165) is 10.3 Å². The monoisotopic (exact) mass is 289 g/mol. The van der Waals surface area contributed by atoms with Gasteiger partial charge in [-0.1, -0.05) is 18.2 Å². The zero-order valence-electron chi connectivity index (χ0n) is 10.6. The molecule has 0 aliphatic carbocycles. The number of aromatic nitrogens is 3. The van der Waals surface area contributed by atoms with Gasteiger partial charge < -0.3 is 14.1 Å². The van der Waals surface area contributed by atoms with Crippen LogP contribution in [0.3, 0.4) is 0 Å². The van der Waals surface area contributed by atoms with E-state index in [2.05, 4.69) is 10.2 Å². The van der Waals surface area contributed by atoms with E-state index in [9.17, 15) is 4.79 Å². The third-order valence-corrected chi connectivity index (χ3v) is 3.98. The van der Waals surface area contributed by atoms with Gasteiger partial charge in [-0.25, -0.2) is 4.79 Å². The quantitative estimate of drug-likeness (QED) is 0.737. The highest BCUT2D eigenvalue weighted by Crippen LogP contribution is 2.31. The van der Waals surface area contributed by atoms with Crippen LogP contribution in [0.25, 0.3) is 11.0 Å². The van der Waals surface area contributed by atoms with Crippen molar-refractivity contribution in [2.45, 2.75) is 16.7 Å². The third-order valence-electron chi connectivity index (χ3n) is 2.88. The first kappa shape index (κ1) is 12.9. The fourth-order valence-electron chi connectivity index (χ4n) is 1.84. The van der Waals surface area contributed by atoms with E-state index in [-0.39, 0.29) is 6.61 Å². The molecule has 0 amide bonds. The van der Waals surface area contributed by atoms with Crippen LogP contribution in [-0.4, -0.2) is 19.9 Å². The lowest BCUT2D eigenvalue weighted by Gasteiger charge is -2.04. The van der Waals surface area contributed by atoms with Gasteiger partial charge in [-0.3, -0.25) is 0 Å². The Bertz CT molecular complexity index is 825. The van der Waals surface area contributed by atoms with Crippen LogP contribution in [0.4, 0.5) is 0 Å². The van der Waals surface area contributed by atoms with E-state index in [4.69, 9.17) is 9.52 Å². The SMILES string of the molecule is Cn1c(CO)nnc1Sc1cc(=O)oc2ccccc12. The maximum Gasteiger partial charge on any atom is 0.337 e. The number of benzene rings is 1. The van der Waals surface area contributed by atoms with Crippen LogP contribution >= 0.6 is 11.8 Å². The summed E-state index contributed by atoms with van der Waals surface area (Å²) in [5.74, 6) is 0.472. The molecular formula is C13H11N3O3S. The number of nitrogens with zero attached hydrogens (tertiary/aromatic N) is 3. The summed E-state index contributed by atoms with van der Waals surface area (Å²) in [5, 5.41) is 18.4. The van der Waals surface area contributed by atoms with Crippen molar-refractivity contribution in [3.05, 3.63) is 46.6 Å². The Balaban J connectivity index is 2.10. The van der Waals surface area contributed by atoms with Gasteiger partial charge >= 0.3 is 5.63 Å². The molecule has 0 radical (unpaired) electrons. The predicted molar refractivity (Wildman–Crippen MR) is 73.5 cm³/mol. The highest BCUT2D eigenvalue weighted by Gasteiger charge is 2.12. The smallest absolute Gasteiger partial charge is 0.337 e. The fourth-order valence-corrected chi connectivity index (χ4v) is 2.79. The van der Waals surface area contributed by atoms with Crippen LogP contribution in [0.15, 0.2) is 49.6 Å².